The number of halogens is 2. The molecule has 1 aromatic rings. The van der Waals surface area contributed by atoms with E-state index in [-0.39, 0.29) is 23.3 Å². The van der Waals surface area contributed by atoms with Gasteiger partial charge in [-0.15, -0.1) is 0 Å². The fourth-order valence-corrected chi connectivity index (χ4v) is 2.50. The van der Waals surface area contributed by atoms with Gasteiger partial charge in [-0.2, -0.15) is 0 Å². The summed E-state index contributed by atoms with van der Waals surface area (Å²) in [6, 6.07) is 5.61. The van der Waals surface area contributed by atoms with Gasteiger partial charge in [0.25, 0.3) is 0 Å². The molecule has 1 aromatic carbocycles. The number of carbonyl (C=O) groups excluding carboxylic acids is 1. The fraction of sp³-hybridized carbons (Fsp3) is 0.562. The Kier molecular flexibility index (Phi) is 4.86. The van der Waals surface area contributed by atoms with Gasteiger partial charge >= 0.3 is 0 Å². The Labute approximate surface area is 136 Å². The lowest BCUT2D eigenvalue weighted by Crippen LogP contribution is -2.48. The van der Waals surface area contributed by atoms with E-state index in [2.05, 4.69) is 24.1 Å². The molecule has 116 valence electrons. The zero-order chi connectivity index (χ0) is 15.8. The SMILES string of the molecule is CN(C)C(C)(C)CNC(=O)[C@@H]1C[C@H]1c1ccc(Cl)c(Cl)c1. The van der Waals surface area contributed by atoms with Gasteiger partial charge in [0.05, 0.1) is 10.0 Å². The molecule has 5 heteroatoms. The predicted molar refractivity (Wildman–Crippen MR) is 88.1 cm³/mol. The summed E-state index contributed by atoms with van der Waals surface area (Å²) in [5.74, 6) is 0.448. The van der Waals surface area contributed by atoms with Crippen molar-refractivity contribution in [2.75, 3.05) is 20.6 Å². The third-order valence-corrected chi connectivity index (χ3v) is 5.14. The molecule has 21 heavy (non-hydrogen) atoms. The van der Waals surface area contributed by atoms with E-state index in [1.54, 1.807) is 6.07 Å². The molecule has 1 aliphatic carbocycles. The van der Waals surface area contributed by atoms with Crippen LogP contribution in [0.5, 0.6) is 0 Å². The standard InChI is InChI=1S/C16H22Cl2N2O/c1-16(2,20(3)4)9-19-15(21)12-8-11(12)10-5-6-13(17)14(18)7-10/h5-7,11-12H,8-9H2,1-4H3,(H,19,21)/t11-,12+/m0/s1. The van der Waals surface area contributed by atoms with Crippen LogP contribution in [0.1, 0.15) is 31.7 Å². The Morgan fingerprint density at radius 3 is 2.57 bits per heavy atom. The first-order valence-electron chi connectivity index (χ1n) is 7.12. The van der Waals surface area contributed by atoms with Gasteiger partial charge in [0.15, 0.2) is 0 Å². The molecule has 1 amide bonds. The van der Waals surface area contributed by atoms with Crippen LogP contribution < -0.4 is 5.32 Å². The van der Waals surface area contributed by atoms with Crippen LogP contribution >= 0.6 is 23.2 Å². The van der Waals surface area contributed by atoms with Crippen molar-refractivity contribution in [1.82, 2.24) is 10.2 Å². The number of hydrogen-bond acceptors (Lipinski definition) is 2. The summed E-state index contributed by atoms with van der Waals surface area (Å²) >= 11 is 11.9. The van der Waals surface area contributed by atoms with Crippen LogP contribution in [0, 0.1) is 5.92 Å². The second-order valence-corrected chi connectivity index (χ2v) is 7.36. The average Bonchev–Trinajstić information content (AvgIpc) is 3.19. The van der Waals surface area contributed by atoms with Crippen LogP contribution in [-0.4, -0.2) is 37.0 Å². The molecule has 0 aliphatic heterocycles. The van der Waals surface area contributed by atoms with Gasteiger partial charge < -0.3 is 10.2 Å². The van der Waals surface area contributed by atoms with Crippen molar-refractivity contribution in [3.63, 3.8) is 0 Å². The smallest absolute Gasteiger partial charge is 0.223 e. The van der Waals surface area contributed by atoms with Crippen LogP contribution in [0.2, 0.25) is 10.0 Å². The second kappa shape index (κ2) is 6.15. The topological polar surface area (TPSA) is 32.3 Å². The van der Waals surface area contributed by atoms with E-state index in [0.717, 1.165) is 12.0 Å². The Balaban J connectivity index is 1.91. The van der Waals surface area contributed by atoms with Crippen LogP contribution in [0.3, 0.4) is 0 Å². The van der Waals surface area contributed by atoms with E-state index < -0.39 is 0 Å². The molecular formula is C16H22Cl2N2O. The molecule has 0 radical (unpaired) electrons. The van der Waals surface area contributed by atoms with Crippen LogP contribution in [0.25, 0.3) is 0 Å². The molecule has 3 nitrogen and oxygen atoms in total. The lowest BCUT2D eigenvalue weighted by atomic mass is 10.0. The van der Waals surface area contributed by atoms with E-state index in [1.807, 2.05) is 26.2 Å². The van der Waals surface area contributed by atoms with E-state index in [0.29, 0.717) is 16.6 Å². The van der Waals surface area contributed by atoms with E-state index >= 15 is 0 Å². The molecule has 1 N–H and O–H groups in total. The normalized spacial score (nSPS) is 21.5. The van der Waals surface area contributed by atoms with Gasteiger partial charge in [-0.05, 0) is 58.0 Å². The maximum Gasteiger partial charge on any atom is 0.223 e. The van der Waals surface area contributed by atoms with Crippen molar-refractivity contribution in [2.24, 2.45) is 5.92 Å². The molecule has 1 fully saturated rings. The summed E-state index contributed by atoms with van der Waals surface area (Å²) in [5.41, 5.74) is 1.04. The van der Waals surface area contributed by atoms with Crippen molar-refractivity contribution >= 4 is 29.1 Å². The Morgan fingerprint density at radius 2 is 2.00 bits per heavy atom. The molecule has 2 rings (SSSR count). The lowest BCUT2D eigenvalue weighted by Gasteiger charge is -2.32. The van der Waals surface area contributed by atoms with Crippen LogP contribution in [0.4, 0.5) is 0 Å². The number of nitrogens with one attached hydrogen (secondary N) is 1. The summed E-state index contributed by atoms with van der Waals surface area (Å²) in [6.45, 7) is 4.86. The number of hydrogen-bond donors (Lipinski definition) is 1. The summed E-state index contributed by atoms with van der Waals surface area (Å²) in [4.78, 5) is 14.3. The molecule has 0 bridgehead atoms. The Morgan fingerprint density at radius 1 is 1.33 bits per heavy atom. The molecule has 1 aliphatic rings. The van der Waals surface area contributed by atoms with Gasteiger partial charge in [0, 0.05) is 18.0 Å². The highest BCUT2D eigenvalue weighted by Crippen LogP contribution is 2.48. The van der Waals surface area contributed by atoms with E-state index in [1.165, 1.54) is 0 Å². The summed E-state index contributed by atoms with van der Waals surface area (Å²) < 4.78 is 0. The molecule has 0 aromatic heterocycles. The van der Waals surface area contributed by atoms with Gasteiger partial charge in [0.1, 0.15) is 0 Å². The number of rotatable bonds is 5. The predicted octanol–water partition coefficient (Wildman–Crippen LogP) is 3.55. The first-order valence-corrected chi connectivity index (χ1v) is 7.88. The number of likely N-dealkylation sites (N-methyl/N-ethyl adjacent to an activating group) is 1. The van der Waals surface area contributed by atoms with Crippen molar-refractivity contribution in [2.45, 2.75) is 31.7 Å². The number of benzene rings is 1. The number of nitrogens with zero attached hydrogens (tertiary/aromatic N) is 1. The third kappa shape index (κ3) is 3.91. The van der Waals surface area contributed by atoms with E-state index in [4.69, 9.17) is 23.2 Å². The first kappa shape index (κ1) is 16.6. The quantitative estimate of drug-likeness (QED) is 0.896. The monoisotopic (exact) mass is 328 g/mol. The minimum Gasteiger partial charge on any atom is -0.354 e. The van der Waals surface area contributed by atoms with Gasteiger partial charge in [0.2, 0.25) is 5.91 Å². The number of carbonyl (C=O) groups is 1. The van der Waals surface area contributed by atoms with E-state index in [9.17, 15) is 4.79 Å². The Hall–Kier alpha value is -0.770. The maximum atomic E-state index is 12.2. The molecule has 2 atom stereocenters. The fourth-order valence-electron chi connectivity index (χ4n) is 2.19. The summed E-state index contributed by atoms with van der Waals surface area (Å²) in [6.07, 6.45) is 0.881. The molecule has 1 saturated carbocycles. The molecule has 0 heterocycles. The van der Waals surface area contributed by atoms with Crippen molar-refractivity contribution in [3.8, 4) is 0 Å². The minimum absolute atomic E-state index is 0.0520. The van der Waals surface area contributed by atoms with Crippen LogP contribution in [-0.2, 0) is 4.79 Å². The van der Waals surface area contributed by atoms with Crippen molar-refractivity contribution < 1.29 is 4.79 Å². The molecule has 0 spiro atoms. The van der Waals surface area contributed by atoms with Gasteiger partial charge in [-0.25, -0.2) is 0 Å². The van der Waals surface area contributed by atoms with Gasteiger partial charge in [-0.3, -0.25) is 4.79 Å². The summed E-state index contributed by atoms with van der Waals surface area (Å²) in [7, 11) is 4.03. The summed E-state index contributed by atoms with van der Waals surface area (Å²) in [5, 5.41) is 4.15. The highest BCUT2D eigenvalue weighted by atomic mass is 35.5. The first-order chi connectivity index (χ1) is 9.72. The lowest BCUT2D eigenvalue weighted by molar-refractivity contribution is -0.122. The van der Waals surface area contributed by atoms with Crippen LogP contribution in [0.15, 0.2) is 18.2 Å². The zero-order valence-corrected chi connectivity index (χ0v) is 14.4. The average molecular weight is 329 g/mol. The third-order valence-electron chi connectivity index (χ3n) is 4.40. The Bertz CT molecular complexity index is 543. The highest BCUT2D eigenvalue weighted by Gasteiger charge is 2.44. The van der Waals surface area contributed by atoms with Crippen molar-refractivity contribution in [1.29, 1.82) is 0 Å². The zero-order valence-electron chi connectivity index (χ0n) is 12.9. The molecule has 0 unspecified atom stereocenters. The minimum atomic E-state index is -0.0520. The molecule has 0 saturated heterocycles. The maximum absolute atomic E-state index is 12.2. The number of amides is 1. The van der Waals surface area contributed by atoms with Crippen molar-refractivity contribution in [3.05, 3.63) is 33.8 Å². The highest BCUT2D eigenvalue weighted by molar-refractivity contribution is 6.42. The molecular weight excluding hydrogens is 307 g/mol. The van der Waals surface area contributed by atoms with Gasteiger partial charge in [-0.1, -0.05) is 29.3 Å². The second-order valence-electron chi connectivity index (χ2n) is 6.55. The largest absolute Gasteiger partial charge is 0.354 e.